The van der Waals surface area contributed by atoms with Gasteiger partial charge in [0.1, 0.15) is 0 Å². The molecule has 98 valence electrons. The van der Waals surface area contributed by atoms with Crippen LogP contribution in [0.15, 0.2) is 12.2 Å². The largest absolute Gasteiger partial charge is 0.396 e. The van der Waals surface area contributed by atoms with Crippen LogP contribution >= 0.6 is 0 Å². The summed E-state index contributed by atoms with van der Waals surface area (Å²) in [5.74, 6) is 0. The average Bonchev–Trinajstić information content (AvgIpc) is 2.30. The standard InChI is InChI=1S/C10H22O.C4H8O/c1-2-3-4-5-6-7-8-9-10-11;1-2-3-4-5/h11H,2-10H2,1H3;2-3,5H,4H2,1H3/b;3-2+. The highest BCUT2D eigenvalue weighted by molar-refractivity contribution is 4.74. The number of allylic oxidation sites excluding steroid dienone is 1. The fourth-order valence-corrected chi connectivity index (χ4v) is 1.35. The molecule has 0 bridgehead atoms. The van der Waals surface area contributed by atoms with E-state index in [1.54, 1.807) is 12.2 Å². The van der Waals surface area contributed by atoms with Crippen LogP contribution in [0.1, 0.15) is 65.2 Å². The van der Waals surface area contributed by atoms with Crippen LogP contribution in [0.5, 0.6) is 0 Å². The summed E-state index contributed by atoms with van der Waals surface area (Å²) in [6, 6.07) is 0. The lowest BCUT2D eigenvalue weighted by molar-refractivity contribution is 0.282. The van der Waals surface area contributed by atoms with E-state index in [-0.39, 0.29) is 6.61 Å². The summed E-state index contributed by atoms with van der Waals surface area (Å²) < 4.78 is 0. The molecule has 0 atom stereocenters. The van der Waals surface area contributed by atoms with E-state index in [0.29, 0.717) is 6.61 Å². The summed E-state index contributed by atoms with van der Waals surface area (Å²) in [6.07, 6.45) is 13.9. The summed E-state index contributed by atoms with van der Waals surface area (Å²) in [4.78, 5) is 0. The fraction of sp³-hybridized carbons (Fsp3) is 0.857. The fourth-order valence-electron chi connectivity index (χ4n) is 1.35. The van der Waals surface area contributed by atoms with Crippen molar-refractivity contribution in [2.75, 3.05) is 13.2 Å². The van der Waals surface area contributed by atoms with Gasteiger partial charge in [-0.25, -0.2) is 0 Å². The van der Waals surface area contributed by atoms with Gasteiger partial charge >= 0.3 is 0 Å². The lowest BCUT2D eigenvalue weighted by Crippen LogP contribution is -1.83. The number of rotatable bonds is 9. The highest BCUT2D eigenvalue weighted by Crippen LogP contribution is 2.07. The monoisotopic (exact) mass is 230 g/mol. The first-order valence-electron chi connectivity index (χ1n) is 6.66. The second-order valence-electron chi connectivity index (χ2n) is 3.95. The molecule has 0 saturated carbocycles. The molecule has 0 unspecified atom stereocenters. The molecule has 0 amide bonds. The normalized spacial score (nSPS) is 10.2. The maximum absolute atomic E-state index is 8.51. The zero-order valence-electron chi connectivity index (χ0n) is 11.1. The molecule has 0 aliphatic heterocycles. The molecule has 0 spiro atoms. The van der Waals surface area contributed by atoms with Gasteiger partial charge in [-0.2, -0.15) is 0 Å². The lowest BCUT2D eigenvalue weighted by Gasteiger charge is -1.98. The molecule has 0 fully saturated rings. The Labute approximate surface area is 101 Å². The van der Waals surface area contributed by atoms with Gasteiger partial charge in [0, 0.05) is 6.61 Å². The van der Waals surface area contributed by atoms with Crippen molar-refractivity contribution >= 4 is 0 Å². The van der Waals surface area contributed by atoms with Crippen molar-refractivity contribution < 1.29 is 10.2 Å². The maximum Gasteiger partial charge on any atom is 0.0612 e. The molecule has 0 aliphatic rings. The van der Waals surface area contributed by atoms with Gasteiger partial charge in [-0.1, -0.05) is 64.0 Å². The van der Waals surface area contributed by atoms with Crippen molar-refractivity contribution in [3.8, 4) is 0 Å². The summed E-state index contributed by atoms with van der Waals surface area (Å²) in [5.41, 5.74) is 0. The summed E-state index contributed by atoms with van der Waals surface area (Å²) >= 11 is 0. The van der Waals surface area contributed by atoms with Crippen molar-refractivity contribution in [3.63, 3.8) is 0 Å². The smallest absolute Gasteiger partial charge is 0.0612 e. The second kappa shape index (κ2) is 20.1. The van der Waals surface area contributed by atoms with Crippen molar-refractivity contribution in [1.29, 1.82) is 0 Å². The molecule has 0 aromatic rings. The van der Waals surface area contributed by atoms with Crippen LogP contribution in [0.2, 0.25) is 0 Å². The van der Waals surface area contributed by atoms with E-state index < -0.39 is 0 Å². The van der Waals surface area contributed by atoms with Crippen LogP contribution in [0.3, 0.4) is 0 Å². The number of aliphatic hydroxyl groups excluding tert-OH is 2. The van der Waals surface area contributed by atoms with Gasteiger partial charge in [0.15, 0.2) is 0 Å². The van der Waals surface area contributed by atoms with Crippen molar-refractivity contribution in [2.45, 2.75) is 65.2 Å². The Morgan fingerprint density at radius 3 is 1.62 bits per heavy atom. The third-order valence-corrected chi connectivity index (χ3v) is 2.35. The van der Waals surface area contributed by atoms with Crippen LogP contribution in [-0.2, 0) is 0 Å². The molecule has 2 N–H and O–H groups in total. The van der Waals surface area contributed by atoms with Crippen LogP contribution in [0.4, 0.5) is 0 Å². The molecule has 2 nitrogen and oxygen atoms in total. The Kier molecular flexibility index (Phi) is 22.7. The highest BCUT2D eigenvalue weighted by atomic mass is 16.3. The SMILES string of the molecule is C/C=C/CO.CCCCCCCCCCO. The Morgan fingerprint density at radius 1 is 0.812 bits per heavy atom. The maximum atomic E-state index is 8.51. The van der Waals surface area contributed by atoms with E-state index in [2.05, 4.69) is 6.92 Å². The number of hydrogen-bond donors (Lipinski definition) is 2. The average molecular weight is 230 g/mol. The minimum atomic E-state index is 0.163. The van der Waals surface area contributed by atoms with Gasteiger partial charge < -0.3 is 10.2 Å². The molecule has 0 heterocycles. The zero-order valence-corrected chi connectivity index (χ0v) is 11.1. The van der Waals surface area contributed by atoms with E-state index in [0.717, 1.165) is 6.42 Å². The first-order chi connectivity index (χ1) is 7.83. The molecule has 16 heavy (non-hydrogen) atoms. The number of aliphatic hydroxyl groups is 2. The Hall–Kier alpha value is -0.340. The van der Waals surface area contributed by atoms with E-state index in [1.807, 2.05) is 6.92 Å². The summed E-state index contributed by atoms with van der Waals surface area (Å²) in [5, 5.41) is 16.5. The molecule has 0 aromatic carbocycles. The third kappa shape index (κ3) is 23.5. The van der Waals surface area contributed by atoms with Crippen LogP contribution in [-0.4, -0.2) is 23.4 Å². The topological polar surface area (TPSA) is 40.5 Å². The summed E-state index contributed by atoms with van der Waals surface area (Å²) in [6.45, 7) is 4.65. The number of unbranched alkanes of at least 4 members (excludes halogenated alkanes) is 7. The second-order valence-corrected chi connectivity index (χ2v) is 3.95. The van der Waals surface area contributed by atoms with E-state index >= 15 is 0 Å². The highest BCUT2D eigenvalue weighted by Gasteiger charge is 1.89. The Bertz CT molecular complexity index is 114. The Balaban J connectivity index is 0. The molecule has 0 saturated heterocycles. The van der Waals surface area contributed by atoms with Crippen molar-refractivity contribution in [2.24, 2.45) is 0 Å². The van der Waals surface area contributed by atoms with Gasteiger partial charge in [-0.3, -0.25) is 0 Å². The van der Waals surface area contributed by atoms with Gasteiger partial charge in [-0.15, -0.1) is 0 Å². The minimum absolute atomic E-state index is 0.163. The molecular weight excluding hydrogens is 200 g/mol. The van der Waals surface area contributed by atoms with Crippen LogP contribution in [0, 0.1) is 0 Å². The molecule has 0 rings (SSSR count). The Morgan fingerprint density at radius 2 is 1.31 bits per heavy atom. The third-order valence-electron chi connectivity index (χ3n) is 2.35. The molecule has 0 aromatic heterocycles. The molecular formula is C14H30O2. The van der Waals surface area contributed by atoms with Gasteiger partial charge in [0.05, 0.1) is 6.61 Å². The van der Waals surface area contributed by atoms with Gasteiger partial charge in [-0.05, 0) is 13.3 Å². The summed E-state index contributed by atoms with van der Waals surface area (Å²) in [7, 11) is 0. The predicted octanol–water partition coefficient (Wildman–Crippen LogP) is 3.67. The van der Waals surface area contributed by atoms with Gasteiger partial charge in [0.2, 0.25) is 0 Å². The first-order valence-corrected chi connectivity index (χ1v) is 6.66. The minimum Gasteiger partial charge on any atom is -0.396 e. The molecule has 2 heteroatoms. The van der Waals surface area contributed by atoms with Crippen LogP contribution < -0.4 is 0 Å². The lowest BCUT2D eigenvalue weighted by atomic mass is 10.1. The quantitative estimate of drug-likeness (QED) is 0.468. The predicted molar refractivity (Wildman–Crippen MR) is 71.6 cm³/mol. The van der Waals surface area contributed by atoms with Gasteiger partial charge in [0.25, 0.3) is 0 Å². The molecule has 0 aliphatic carbocycles. The van der Waals surface area contributed by atoms with Crippen molar-refractivity contribution in [1.82, 2.24) is 0 Å². The van der Waals surface area contributed by atoms with Crippen LogP contribution in [0.25, 0.3) is 0 Å². The van der Waals surface area contributed by atoms with E-state index in [1.165, 1.54) is 44.9 Å². The zero-order chi connectivity index (χ0) is 12.5. The number of hydrogen-bond acceptors (Lipinski definition) is 2. The van der Waals surface area contributed by atoms with E-state index in [9.17, 15) is 0 Å². The first kappa shape index (κ1) is 18.0. The van der Waals surface area contributed by atoms with E-state index in [4.69, 9.17) is 10.2 Å². The van der Waals surface area contributed by atoms with Crippen molar-refractivity contribution in [3.05, 3.63) is 12.2 Å². The molecule has 0 radical (unpaired) electrons.